The van der Waals surface area contributed by atoms with Crippen molar-refractivity contribution in [2.45, 2.75) is 11.8 Å². The third kappa shape index (κ3) is 4.12. The number of hydrogen-bond donors (Lipinski definition) is 1. The lowest BCUT2D eigenvalue weighted by atomic mass is 10.2. The van der Waals surface area contributed by atoms with Gasteiger partial charge in [0, 0.05) is 6.07 Å². The predicted octanol–water partition coefficient (Wildman–Crippen LogP) is 3.65. The minimum atomic E-state index is -4.26. The molecule has 4 aromatic rings. The molecule has 33 heavy (non-hydrogen) atoms. The Hall–Kier alpha value is -3.92. The summed E-state index contributed by atoms with van der Waals surface area (Å²) in [6.07, 6.45) is 0. The van der Waals surface area contributed by atoms with Gasteiger partial charge in [-0.25, -0.2) is 17.8 Å². The van der Waals surface area contributed by atoms with E-state index < -0.39 is 15.8 Å². The van der Waals surface area contributed by atoms with Gasteiger partial charge in [-0.1, -0.05) is 12.1 Å². The molecule has 0 unspecified atom stereocenters. The van der Waals surface area contributed by atoms with Crippen LogP contribution in [0, 0.1) is 12.7 Å². The number of nitrogens with zero attached hydrogens (tertiary/aromatic N) is 2. The Morgan fingerprint density at radius 2 is 1.76 bits per heavy atom. The van der Waals surface area contributed by atoms with Crippen molar-refractivity contribution in [1.29, 1.82) is 0 Å². The third-order valence-electron chi connectivity index (χ3n) is 5.06. The fourth-order valence-corrected chi connectivity index (χ4v) is 4.72. The molecule has 0 aliphatic heterocycles. The van der Waals surface area contributed by atoms with Crippen molar-refractivity contribution in [3.63, 3.8) is 0 Å². The maximum Gasteiger partial charge on any atom is 0.265 e. The van der Waals surface area contributed by atoms with Crippen LogP contribution in [-0.2, 0) is 10.0 Å². The van der Waals surface area contributed by atoms with Gasteiger partial charge in [0.05, 0.1) is 36.5 Å². The van der Waals surface area contributed by atoms with Gasteiger partial charge in [0.1, 0.15) is 28.0 Å². The lowest BCUT2D eigenvalue weighted by Gasteiger charge is -2.15. The fraction of sp³-hybridized carbons (Fsp3) is 0.130. The van der Waals surface area contributed by atoms with Gasteiger partial charge >= 0.3 is 0 Å². The van der Waals surface area contributed by atoms with E-state index in [1.54, 1.807) is 37.3 Å². The summed E-state index contributed by atoms with van der Waals surface area (Å²) in [4.78, 5) is 17.3. The number of halogens is 1. The van der Waals surface area contributed by atoms with Crippen molar-refractivity contribution in [2.75, 3.05) is 18.9 Å². The molecular weight excluding hydrogens is 449 g/mol. The Bertz CT molecular complexity index is 1530. The molecule has 0 bridgehead atoms. The van der Waals surface area contributed by atoms with Crippen molar-refractivity contribution < 1.29 is 22.3 Å². The summed E-state index contributed by atoms with van der Waals surface area (Å²) in [5.74, 6) is -0.0994. The van der Waals surface area contributed by atoms with E-state index in [9.17, 15) is 17.6 Å². The molecule has 0 aliphatic rings. The highest BCUT2D eigenvalue weighted by molar-refractivity contribution is 7.92. The molecule has 0 saturated heterocycles. The van der Waals surface area contributed by atoms with Gasteiger partial charge in [0.2, 0.25) is 0 Å². The second kappa shape index (κ2) is 8.55. The molecule has 3 aromatic carbocycles. The molecule has 0 radical (unpaired) electrons. The SMILES string of the molecule is COc1ccc(OC)c(S(=O)(=O)Nc2cc(-n3c(C)nc4ccccc4c3=O)ccc2F)c1. The third-order valence-corrected chi connectivity index (χ3v) is 6.44. The number of ether oxygens (including phenoxy) is 2. The lowest BCUT2D eigenvalue weighted by Crippen LogP contribution is -2.22. The predicted molar refractivity (Wildman–Crippen MR) is 122 cm³/mol. The van der Waals surface area contributed by atoms with Gasteiger partial charge in [-0.15, -0.1) is 0 Å². The number of fused-ring (bicyclic) bond motifs is 1. The number of rotatable bonds is 6. The Balaban J connectivity index is 1.82. The Kier molecular flexibility index (Phi) is 5.77. The average molecular weight is 469 g/mol. The normalized spacial score (nSPS) is 11.4. The van der Waals surface area contributed by atoms with Crippen molar-refractivity contribution in [2.24, 2.45) is 0 Å². The van der Waals surface area contributed by atoms with E-state index in [-0.39, 0.29) is 33.3 Å². The molecule has 0 saturated carbocycles. The number of hydrogen-bond acceptors (Lipinski definition) is 6. The highest BCUT2D eigenvalue weighted by atomic mass is 32.2. The van der Waals surface area contributed by atoms with Gasteiger partial charge in [-0.3, -0.25) is 14.1 Å². The first-order valence-electron chi connectivity index (χ1n) is 9.78. The Labute approximate surface area is 189 Å². The largest absolute Gasteiger partial charge is 0.497 e. The summed E-state index contributed by atoms with van der Waals surface area (Å²) in [5, 5.41) is 0.385. The molecule has 0 spiro atoms. The first-order valence-corrected chi connectivity index (χ1v) is 11.3. The van der Waals surface area contributed by atoms with E-state index in [4.69, 9.17) is 9.47 Å². The molecule has 0 amide bonds. The molecule has 4 rings (SSSR count). The lowest BCUT2D eigenvalue weighted by molar-refractivity contribution is 0.392. The maximum absolute atomic E-state index is 14.6. The molecule has 1 aromatic heterocycles. The topological polar surface area (TPSA) is 99.5 Å². The molecule has 1 heterocycles. The second-order valence-electron chi connectivity index (χ2n) is 7.10. The smallest absolute Gasteiger partial charge is 0.265 e. The number of methoxy groups -OCH3 is 2. The molecule has 1 N–H and O–H groups in total. The van der Waals surface area contributed by atoms with Crippen LogP contribution in [0.25, 0.3) is 16.6 Å². The highest BCUT2D eigenvalue weighted by Crippen LogP contribution is 2.31. The Morgan fingerprint density at radius 3 is 2.48 bits per heavy atom. The van der Waals surface area contributed by atoms with Crippen LogP contribution in [-0.4, -0.2) is 32.2 Å². The molecule has 0 atom stereocenters. The van der Waals surface area contributed by atoms with Crippen molar-refractivity contribution in [1.82, 2.24) is 9.55 Å². The van der Waals surface area contributed by atoms with E-state index in [0.29, 0.717) is 16.7 Å². The summed E-state index contributed by atoms with van der Waals surface area (Å²) in [6, 6.07) is 14.8. The number of sulfonamides is 1. The maximum atomic E-state index is 14.6. The number of nitrogens with one attached hydrogen (secondary N) is 1. The van der Waals surface area contributed by atoms with Gasteiger partial charge in [-0.05, 0) is 49.4 Å². The summed E-state index contributed by atoms with van der Waals surface area (Å²) in [5.41, 5.74) is 0.0988. The van der Waals surface area contributed by atoms with Crippen molar-refractivity contribution >= 4 is 26.6 Å². The Morgan fingerprint density at radius 1 is 1.00 bits per heavy atom. The van der Waals surface area contributed by atoms with Gasteiger partial charge < -0.3 is 9.47 Å². The standard InChI is InChI=1S/C23H20FN3O5S/c1-14-25-19-7-5-4-6-17(19)23(28)27(14)15-8-10-18(24)20(12-15)26-33(29,30)22-13-16(31-2)9-11-21(22)32-3/h4-13,26H,1-3H3. The minimum Gasteiger partial charge on any atom is -0.497 e. The number of aromatic nitrogens is 2. The van der Waals surface area contributed by atoms with Crippen LogP contribution < -0.4 is 19.8 Å². The summed E-state index contributed by atoms with van der Waals surface area (Å²) in [7, 11) is -1.54. The first-order chi connectivity index (χ1) is 15.7. The number of benzene rings is 3. The number of anilines is 1. The molecule has 0 fully saturated rings. The van der Waals surface area contributed by atoms with Crippen LogP contribution in [0.3, 0.4) is 0 Å². The molecular formula is C23H20FN3O5S. The van der Waals surface area contributed by atoms with Crippen LogP contribution in [0.4, 0.5) is 10.1 Å². The highest BCUT2D eigenvalue weighted by Gasteiger charge is 2.23. The summed E-state index contributed by atoms with van der Waals surface area (Å²) < 4.78 is 54.5. The van der Waals surface area contributed by atoms with Gasteiger partial charge in [0.15, 0.2) is 0 Å². The van der Waals surface area contributed by atoms with E-state index in [0.717, 1.165) is 6.07 Å². The van der Waals surface area contributed by atoms with Crippen molar-refractivity contribution in [3.05, 3.63) is 82.7 Å². The zero-order chi connectivity index (χ0) is 23.8. The van der Waals surface area contributed by atoms with Gasteiger partial charge in [-0.2, -0.15) is 0 Å². The van der Waals surface area contributed by atoms with Crippen LogP contribution >= 0.6 is 0 Å². The zero-order valence-electron chi connectivity index (χ0n) is 18.0. The van der Waals surface area contributed by atoms with Crippen molar-refractivity contribution in [3.8, 4) is 17.2 Å². The number of para-hydroxylation sites is 1. The minimum absolute atomic E-state index is 0.0608. The van der Waals surface area contributed by atoms with Crippen LogP contribution in [0.15, 0.2) is 70.4 Å². The van der Waals surface area contributed by atoms with E-state index >= 15 is 0 Å². The monoisotopic (exact) mass is 469 g/mol. The van der Waals surface area contributed by atoms with E-state index in [1.165, 1.54) is 43.1 Å². The quantitative estimate of drug-likeness (QED) is 0.463. The summed E-state index contributed by atoms with van der Waals surface area (Å²) in [6.45, 7) is 1.64. The molecule has 0 aliphatic carbocycles. The second-order valence-corrected chi connectivity index (χ2v) is 8.75. The van der Waals surface area contributed by atoms with E-state index in [2.05, 4.69) is 9.71 Å². The van der Waals surface area contributed by atoms with Crippen LogP contribution in [0.1, 0.15) is 5.82 Å². The van der Waals surface area contributed by atoms with Crippen LogP contribution in [0.2, 0.25) is 0 Å². The van der Waals surface area contributed by atoms with Crippen LogP contribution in [0.5, 0.6) is 11.5 Å². The van der Waals surface area contributed by atoms with E-state index in [1.807, 2.05) is 0 Å². The average Bonchev–Trinajstić information content (AvgIpc) is 2.80. The zero-order valence-corrected chi connectivity index (χ0v) is 18.8. The van der Waals surface area contributed by atoms with Gasteiger partial charge in [0.25, 0.3) is 15.6 Å². The fourth-order valence-electron chi connectivity index (χ4n) is 3.47. The molecule has 170 valence electrons. The molecule has 10 heteroatoms. The number of aryl methyl sites for hydroxylation is 1. The summed E-state index contributed by atoms with van der Waals surface area (Å²) >= 11 is 0. The molecule has 8 nitrogen and oxygen atoms in total. The first kappa shape index (κ1) is 22.3.